The van der Waals surface area contributed by atoms with Gasteiger partial charge in [-0.15, -0.1) is 0 Å². The summed E-state index contributed by atoms with van der Waals surface area (Å²) in [5.74, 6) is -3.13. The van der Waals surface area contributed by atoms with E-state index < -0.39 is 35.2 Å². The molecule has 3 rings (SSSR count). The third kappa shape index (κ3) is 4.88. The molecule has 30 heavy (non-hydrogen) atoms. The Bertz CT molecular complexity index is 1080. The fourth-order valence-electron chi connectivity index (χ4n) is 2.69. The molecule has 0 spiro atoms. The molecule has 10 heteroatoms. The van der Waals surface area contributed by atoms with Crippen LogP contribution in [0.3, 0.4) is 0 Å². The number of benzene rings is 2. The lowest BCUT2D eigenvalue weighted by Crippen LogP contribution is -2.36. The number of hydrogen-bond donors (Lipinski definition) is 1. The monoisotopic (exact) mass is 495 g/mol. The summed E-state index contributed by atoms with van der Waals surface area (Å²) in [6.45, 7) is -0.581. The molecule has 1 heterocycles. The summed E-state index contributed by atoms with van der Waals surface area (Å²) in [6.07, 6.45) is 1.56. The Morgan fingerprint density at radius 2 is 1.93 bits per heavy atom. The van der Waals surface area contributed by atoms with Crippen LogP contribution in [0.1, 0.15) is 5.56 Å². The lowest BCUT2D eigenvalue weighted by Gasteiger charge is -2.14. The van der Waals surface area contributed by atoms with Crippen molar-refractivity contribution in [2.24, 2.45) is 0 Å². The van der Waals surface area contributed by atoms with Crippen LogP contribution in [0.25, 0.3) is 6.08 Å². The third-order valence-corrected chi connectivity index (χ3v) is 5.67. The Balaban J connectivity index is 1.72. The second-order valence-electron chi connectivity index (χ2n) is 6.55. The predicted octanol–water partition coefficient (Wildman–Crippen LogP) is 4.47. The molecule has 0 atom stereocenters. The molecule has 1 aliphatic rings. The van der Waals surface area contributed by atoms with Gasteiger partial charge in [0.1, 0.15) is 18.2 Å². The first kappa shape index (κ1) is 22.0. The summed E-state index contributed by atoms with van der Waals surface area (Å²) in [4.78, 5) is 39.8. The van der Waals surface area contributed by atoms with Gasteiger partial charge >= 0.3 is 0 Å². The average Bonchev–Trinajstić information content (AvgIpc) is 2.91. The molecular weight excluding hydrogens is 480 g/mol. The van der Waals surface area contributed by atoms with Gasteiger partial charge in [-0.25, -0.2) is 8.78 Å². The maximum absolute atomic E-state index is 13.7. The molecule has 1 saturated heterocycles. The molecule has 156 valence electrons. The Labute approximate surface area is 184 Å². The van der Waals surface area contributed by atoms with Gasteiger partial charge in [-0.1, -0.05) is 6.07 Å². The fourth-order valence-corrected chi connectivity index (χ4v) is 4.28. The second kappa shape index (κ2) is 8.97. The van der Waals surface area contributed by atoms with Gasteiger partial charge in [-0.2, -0.15) is 0 Å². The highest BCUT2D eigenvalue weighted by atomic mass is 79.9. The molecule has 2 aromatic carbocycles. The first-order valence-corrected chi connectivity index (χ1v) is 10.2. The highest BCUT2D eigenvalue weighted by Crippen LogP contribution is 2.33. The summed E-state index contributed by atoms with van der Waals surface area (Å²) < 4.78 is 27.5. The van der Waals surface area contributed by atoms with Crippen LogP contribution in [0.15, 0.2) is 45.8 Å². The van der Waals surface area contributed by atoms with Crippen molar-refractivity contribution in [3.8, 4) is 0 Å². The van der Waals surface area contributed by atoms with Gasteiger partial charge in [0.05, 0.1) is 16.3 Å². The standard InChI is InChI=1S/C20H16BrF2N3O3S/c1-25(2)16-6-3-11(7-13(16)21)8-17-19(28)26(20(29)30-17)10-18(27)24-15-5-4-12(22)9-14(15)23/h3-9H,10H2,1-2H3,(H,24,27)/b17-8-. The largest absolute Gasteiger partial charge is 0.377 e. The Morgan fingerprint density at radius 1 is 1.20 bits per heavy atom. The van der Waals surface area contributed by atoms with Gasteiger partial charge in [0.25, 0.3) is 11.1 Å². The zero-order chi connectivity index (χ0) is 22.0. The highest BCUT2D eigenvalue weighted by molar-refractivity contribution is 9.10. The number of rotatable bonds is 5. The van der Waals surface area contributed by atoms with Crippen molar-refractivity contribution in [1.29, 1.82) is 0 Å². The smallest absolute Gasteiger partial charge is 0.294 e. The van der Waals surface area contributed by atoms with Crippen molar-refractivity contribution < 1.29 is 23.2 Å². The summed E-state index contributed by atoms with van der Waals surface area (Å²) in [5, 5.41) is 1.62. The van der Waals surface area contributed by atoms with Crippen molar-refractivity contribution in [2.75, 3.05) is 30.9 Å². The van der Waals surface area contributed by atoms with Crippen LogP contribution in [-0.4, -0.2) is 42.6 Å². The topological polar surface area (TPSA) is 69.7 Å². The summed E-state index contributed by atoms with van der Waals surface area (Å²) in [5.41, 5.74) is 1.41. The lowest BCUT2D eigenvalue weighted by atomic mass is 10.2. The van der Waals surface area contributed by atoms with Crippen LogP contribution in [0.4, 0.5) is 25.0 Å². The van der Waals surface area contributed by atoms with Gasteiger partial charge in [-0.3, -0.25) is 19.3 Å². The van der Waals surface area contributed by atoms with E-state index in [0.29, 0.717) is 23.4 Å². The minimum absolute atomic E-state index is 0.172. The molecule has 0 unspecified atom stereocenters. The number of carbonyl (C=O) groups is 3. The van der Waals surface area contributed by atoms with Crippen LogP contribution in [-0.2, 0) is 9.59 Å². The van der Waals surface area contributed by atoms with Crippen LogP contribution in [0.2, 0.25) is 0 Å². The zero-order valence-corrected chi connectivity index (χ0v) is 18.3. The molecule has 1 aliphatic heterocycles. The van der Waals surface area contributed by atoms with Gasteiger partial charge in [0.15, 0.2) is 0 Å². The van der Waals surface area contributed by atoms with Gasteiger partial charge in [0, 0.05) is 24.6 Å². The van der Waals surface area contributed by atoms with Crippen molar-refractivity contribution in [2.45, 2.75) is 0 Å². The normalized spacial score (nSPS) is 15.1. The molecule has 2 aromatic rings. The number of nitrogens with one attached hydrogen (secondary N) is 1. The number of hydrogen-bond acceptors (Lipinski definition) is 5. The third-order valence-electron chi connectivity index (χ3n) is 4.13. The number of amides is 3. The van der Waals surface area contributed by atoms with Crippen molar-refractivity contribution in [3.05, 3.63) is 63.0 Å². The van der Waals surface area contributed by atoms with Crippen molar-refractivity contribution >= 4 is 62.2 Å². The number of halogens is 3. The van der Waals surface area contributed by atoms with E-state index in [-0.39, 0.29) is 10.6 Å². The zero-order valence-electron chi connectivity index (χ0n) is 15.9. The van der Waals surface area contributed by atoms with E-state index in [0.717, 1.165) is 27.2 Å². The molecule has 0 aromatic heterocycles. The number of carbonyl (C=O) groups excluding carboxylic acids is 3. The highest BCUT2D eigenvalue weighted by Gasteiger charge is 2.36. The number of imide groups is 1. The van der Waals surface area contributed by atoms with Gasteiger partial charge in [0.2, 0.25) is 5.91 Å². The summed E-state index contributed by atoms with van der Waals surface area (Å²) >= 11 is 4.18. The molecule has 1 N–H and O–H groups in total. The lowest BCUT2D eigenvalue weighted by molar-refractivity contribution is -0.127. The number of anilines is 2. The Hall–Kier alpha value is -2.72. The summed E-state index contributed by atoms with van der Waals surface area (Å²) in [7, 11) is 3.79. The summed E-state index contributed by atoms with van der Waals surface area (Å²) in [6, 6.07) is 8.15. The molecule has 1 fully saturated rings. The van der Waals surface area contributed by atoms with Crippen LogP contribution in [0.5, 0.6) is 0 Å². The minimum Gasteiger partial charge on any atom is -0.377 e. The molecule has 0 bridgehead atoms. The van der Waals surface area contributed by atoms with E-state index in [9.17, 15) is 23.2 Å². The van der Waals surface area contributed by atoms with E-state index >= 15 is 0 Å². The maximum Gasteiger partial charge on any atom is 0.294 e. The number of nitrogens with zero attached hydrogens (tertiary/aromatic N) is 2. The van der Waals surface area contributed by atoms with E-state index in [2.05, 4.69) is 21.2 Å². The molecule has 0 aliphatic carbocycles. The van der Waals surface area contributed by atoms with E-state index in [1.807, 2.05) is 31.1 Å². The van der Waals surface area contributed by atoms with Crippen LogP contribution >= 0.6 is 27.7 Å². The van der Waals surface area contributed by atoms with Crippen LogP contribution < -0.4 is 10.2 Å². The van der Waals surface area contributed by atoms with Crippen molar-refractivity contribution in [3.63, 3.8) is 0 Å². The second-order valence-corrected chi connectivity index (χ2v) is 8.39. The van der Waals surface area contributed by atoms with Crippen LogP contribution in [0, 0.1) is 11.6 Å². The van der Waals surface area contributed by atoms with Gasteiger partial charge < -0.3 is 10.2 Å². The maximum atomic E-state index is 13.7. The first-order valence-electron chi connectivity index (χ1n) is 8.63. The molecule has 0 saturated carbocycles. The molecule has 6 nitrogen and oxygen atoms in total. The van der Waals surface area contributed by atoms with E-state index in [1.54, 1.807) is 12.1 Å². The quantitative estimate of drug-likeness (QED) is 0.619. The fraction of sp³-hybridized carbons (Fsp3) is 0.150. The minimum atomic E-state index is -0.955. The average molecular weight is 496 g/mol. The predicted molar refractivity (Wildman–Crippen MR) is 116 cm³/mol. The molecule has 0 radical (unpaired) electrons. The molecular formula is C20H16BrF2N3O3S. The molecule has 3 amide bonds. The van der Waals surface area contributed by atoms with E-state index in [4.69, 9.17) is 0 Å². The van der Waals surface area contributed by atoms with Crippen molar-refractivity contribution in [1.82, 2.24) is 4.90 Å². The Kier molecular flexibility index (Phi) is 6.57. The SMILES string of the molecule is CN(C)c1ccc(/C=C2\SC(=O)N(CC(=O)Nc3ccc(F)cc3F)C2=O)cc1Br. The Morgan fingerprint density at radius 3 is 2.57 bits per heavy atom. The van der Waals surface area contributed by atoms with E-state index in [1.165, 1.54) is 0 Å². The van der Waals surface area contributed by atoms with Gasteiger partial charge in [-0.05, 0) is 63.6 Å². The number of thioether (sulfide) groups is 1. The first-order chi connectivity index (χ1) is 14.2.